The van der Waals surface area contributed by atoms with Gasteiger partial charge in [-0.15, -0.1) is 0 Å². The van der Waals surface area contributed by atoms with Crippen molar-refractivity contribution in [2.75, 3.05) is 0 Å². The van der Waals surface area contributed by atoms with E-state index < -0.39 is 0 Å². The zero-order valence-corrected chi connectivity index (χ0v) is 8.02. The van der Waals surface area contributed by atoms with E-state index in [4.69, 9.17) is 0 Å². The van der Waals surface area contributed by atoms with E-state index in [0.29, 0.717) is 12.5 Å². The van der Waals surface area contributed by atoms with Gasteiger partial charge in [0, 0.05) is 6.54 Å². The van der Waals surface area contributed by atoms with Crippen LogP contribution in [0.4, 0.5) is 0 Å². The molecule has 1 aromatic heterocycles. The lowest BCUT2D eigenvalue weighted by Gasteiger charge is -2.25. The Morgan fingerprint density at radius 2 is 2.50 bits per heavy atom. The Kier molecular flexibility index (Phi) is 2.67. The molecule has 1 aliphatic carbocycles. The van der Waals surface area contributed by atoms with Gasteiger partial charge >= 0.3 is 5.69 Å². The summed E-state index contributed by atoms with van der Waals surface area (Å²) in [7, 11) is 0. The van der Waals surface area contributed by atoms with Gasteiger partial charge in [-0.1, -0.05) is 6.42 Å². The number of aromatic amines is 1. The lowest BCUT2D eigenvalue weighted by atomic mass is 9.87. The molecule has 2 rings (SSSR count). The Morgan fingerprint density at radius 3 is 3.14 bits per heavy atom. The minimum absolute atomic E-state index is 0.162. The highest BCUT2D eigenvalue weighted by atomic mass is 16.3. The summed E-state index contributed by atoms with van der Waals surface area (Å²) < 4.78 is 1.57. The Balaban J connectivity index is 1.97. The second-order valence-corrected chi connectivity index (χ2v) is 4.00. The first-order valence-corrected chi connectivity index (χ1v) is 5.03. The van der Waals surface area contributed by atoms with E-state index in [2.05, 4.69) is 10.2 Å². The second-order valence-electron chi connectivity index (χ2n) is 4.00. The molecule has 2 N–H and O–H groups in total. The standard InChI is InChI=1S/C9H15N3O2/c13-8-3-1-2-7(4-8)5-12-6-10-11-9(12)14/h6-8,13H,1-5H2,(H,11,14). The summed E-state index contributed by atoms with van der Waals surface area (Å²) in [4.78, 5) is 11.2. The number of hydrogen-bond acceptors (Lipinski definition) is 3. The van der Waals surface area contributed by atoms with Gasteiger partial charge in [-0.05, 0) is 25.2 Å². The number of nitrogens with one attached hydrogen (secondary N) is 1. The van der Waals surface area contributed by atoms with Gasteiger partial charge in [0.25, 0.3) is 0 Å². The van der Waals surface area contributed by atoms with Crippen molar-refractivity contribution in [3.05, 3.63) is 16.8 Å². The van der Waals surface area contributed by atoms with E-state index in [-0.39, 0.29) is 11.8 Å². The summed E-state index contributed by atoms with van der Waals surface area (Å²) in [6.07, 6.45) is 5.18. The van der Waals surface area contributed by atoms with Crippen LogP contribution in [0.3, 0.4) is 0 Å². The van der Waals surface area contributed by atoms with Crippen LogP contribution in [0.15, 0.2) is 11.1 Å². The van der Waals surface area contributed by atoms with Crippen LogP contribution in [0.25, 0.3) is 0 Å². The fourth-order valence-electron chi connectivity index (χ4n) is 2.11. The van der Waals surface area contributed by atoms with Crippen LogP contribution in [0.1, 0.15) is 25.7 Å². The molecule has 2 atom stereocenters. The largest absolute Gasteiger partial charge is 0.393 e. The molecule has 0 aromatic carbocycles. The van der Waals surface area contributed by atoms with Gasteiger partial charge < -0.3 is 5.11 Å². The van der Waals surface area contributed by atoms with E-state index in [9.17, 15) is 9.90 Å². The van der Waals surface area contributed by atoms with Crippen LogP contribution < -0.4 is 5.69 Å². The van der Waals surface area contributed by atoms with Crippen molar-refractivity contribution in [1.82, 2.24) is 14.8 Å². The average molecular weight is 197 g/mol. The molecule has 0 saturated heterocycles. The molecular formula is C9H15N3O2. The van der Waals surface area contributed by atoms with Gasteiger partial charge in [-0.3, -0.25) is 4.57 Å². The number of rotatable bonds is 2. The fraction of sp³-hybridized carbons (Fsp3) is 0.778. The smallest absolute Gasteiger partial charge is 0.343 e. The molecule has 5 nitrogen and oxygen atoms in total. The quantitative estimate of drug-likeness (QED) is 0.707. The number of aliphatic hydroxyl groups is 1. The first-order chi connectivity index (χ1) is 6.75. The van der Waals surface area contributed by atoms with Crippen molar-refractivity contribution in [2.45, 2.75) is 38.3 Å². The summed E-state index contributed by atoms with van der Waals surface area (Å²) in [5.41, 5.74) is -0.162. The molecule has 1 saturated carbocycles. The normalized spacial score (nSPS) is 27.8. The number of aromatic nitrogens is 3. The average Bonchev–Trinajstić information content (AvgIpc) is 2.52. The minimum Gasteiger partial charge on any atom is -0.393 e. The topological polar surface area (TPSA) is 70.9 Å². The SMILES string of the molecule is O=c1[nH]ncn1CC1CCCC(O)C1. The third kappa shape index (κ3) is 2.04. The number of nitrogens with zero attached hydrogens (tertiary/aromatic N) is 2. The van der Waals surface area contributed by atoms with E-state index in [0.717, 1.165) is 25.7 Å². The first-order valence-electron chi connectivity index (χ1n) is 5.03. The van der Waals surface area contributed by atoms with Gasteiger partial charge in [0.05, 0.1) is 6.10 Å². The molecule has 0 bridgehead atoms. The van der Waals surface area contributed by atoms with Crippen LogP contribution >= 0.6 is 0 Å². The van der Waals surface area contributed by atoms with Crippen LogP contribution in [0.2, 0.25) is 0 Å². The van der Waals surface area contributed by atoms with Crippen molar-refractivity contribution in [3.63, 3.8) is 0 Å². The lowest BCUT2D eigenvalue weighted by Crippen LogP contribution is -2.26. The molecule has 0 radical (unpaired) electrons. The predicted octanol–water partition coefficient (Wildman–Crippen LogP) is 0.122. The maximum atomic E-state index is 11.2. The molecule has 1 aliphatic rings. The molecule has 14 heavy (non-hydrogen) atoms. The van der Waals surface area contributed by atoms with Crippen LogP contribution in [0, 0.1) is 5.92 Å². The fourth-order valence-corrected chi connectivity index (χ4v) is 2.11. The van der Waals surface area contributed by atoms with Gasteiger partial charge in [0.2, 0.25) is 0 Å². The van der Waals surface area contributed by atoms with Crippen molar-refractivity contribution in [2.24, 2.45) is 5.92 Å². The van der Waals surface area contributed by atoms with Crippen molar-refractivity contribution >= 4 is 0 Å². The summed E-state index contributed by atoms with van der Waals surface area (Å²) in [6, 6.07) is 0. The van der Waals surface area contributed by atoms with E-state index in [1.807, 2.05) is 0 Å². The summed E-state index contributed by atoms with van der Waals surface area (Å²) >= 11 is 0. The number of aliphatic hydroxyl groups excluding tert-OH is 1. The molecule has 5 heteroatoms. The number of H-pyrrole nitrogens is 1. The third-order valence-corrected chi connectivity index (χ3v) is 2.83. The monoisotopic (exact) mass is 197 g/mol. The van der Waals surface area contributed by atoms with Crippen molar-refractivity contribution < 1.29 is 5.11 Å². The third-order valence-electron chi connectivity index (χ3n) is 2.83. The van der Waals surface area contributed by atoms with Gasteiger partial charge in [0.15, 0.2) is 0 Å². The van der Waals surface area contributed by atoms with Crippen molar-refractivity contribution in [3.8, 4) is 0 Å². The maximum Gasteiger partial charge on any atom is 0.343 e. The summed E-state index contributed by atoms with van der Waals surface area (Å²) in [6.45, 7) is 0.673. The molecule has 1 fully saturated rings. The molecule has 0 spiro atoms. The van der Waals surface area contributed by atoms with Gasteiger partial charge in [0.1, 0.15) is 6.33 Å². The lowest BCUT2D eigenvalue weighted by molar-refractivity contribution is 0.0950. The molecule has 2 unspecified atom stereocenters. The minimum atomic E-state index is -0.184. The highest BCUT2D eigenvalue weighted by Crippen LogP contribution is 2.24. The van der Waals surface area contributed by atoms with Gasteiger partial charge in [-0.25, -0.2) is 9.89 Å². The molecule has 0 aliphatic heterocycles. The molecule has 0 amide bonds. The maximum absolute atomic E-state index is 11.2. The molecule has 1 heterocycles. The molecular weight excluding hydrogens is 182 g/mol. The Hall–Kier alpha value is -1.10. The molecule has 1 aromatic rings. The Bertz CT molecular complexity index is 344. The Morgan fingerprint density at radius 1 is 1.64 bits per heavy atom. The first kappa shape index (κ1) is 9.45. The number of hydrogen-bond donors (Lipinski definition) is 2. The summed E-state index contributed by atoms with van der Waals surface area (Å²) in [5.74, 6) is 0.411. The van der Waals surface area contributed by atoms with Gasteiger partial charge in [-0.2, -0.15) is 5.10 Å². The van der Waals surface area contributed by atoms with E-state index in [1.54, 1.807) is 4.57 Å². The Labute approximate surface area is 81.8 Å². The van der Waals surface area contributed by atoms with Crippen LogP contribution in [-0.2, 0) is 6.54 Å². The zero-order valence-electron chi connectivity index (χ0n) is 8.02. The highest BCUT2D eigenvalue weighted by molar-refractivity contribution is 4.74. The van der Waals surface area contributed by atoms with E-state index in [1.165, 1.54) is 6.33 Å². The zero-order chi connectivity index (χ0) is 9.97. The highest BCUT2D eigenvalue weighted by Gasteiger charge is 2.20. The second kappa shape index (κ2) is 3.96. The van der Waals surface area contributed by atoms with E-state index >= 15 is 0 Å². The van der Waals surface area contributed by atoms with Crippen LogP contribution in [-0.4, -0.2) is 26.0 Å². The predicted molar refractivity (Wildman–Crippen MR) is 50.8 cm³/mol. The van der Waals surface area contributed by atoms with Crippen molar-refractivity contribution in [1.29, 1.82) is 0 Å². The van der Waals surface area contributed by atoms with Crippen LogP contribution in [0.5, 0.6) is 0 Å². The molecule has 78 valence electrons. The summed E-state index contributed by atoms with van der Waals surface area (Å²) in [5, 5.41) is 15.5.